The van der Waals surface area contributed by atoms with Gasteiger partial charge in [-0.1, -0.05) is 24.3 Å². The summed E-state index contributed by atoms with van der Waals surface area (Å²) >= 11 is 1.58. The molecule has 8 heteroatoms. The van der Waals surface area contributed by atoms with Crippen LogP contribution >= 0.6 is 11.3 Å². The first-order valence-electron chi connectivity index (χ1n) is 9.60. The number of hydrogen-bond donors (Lipinski definition) is 2. The Labute approximate surface area is 181 Å². The molecule has 3 aromatic rings. The zero-order valence-corrected chi connectivity index (χ0v) is 18.8. The fourth-order valence-corrected chi connectivity index (χ4v) is 4.41. The van der Waals surface area contributed by atoms with E-state index in [-0.39, 0.29) is 18.2 Å². The molecule has 2 N–H and O–H groups in total. The van der Waals surface area contributed by atoms with Crippen molar-refractivity contribution in [3.63, 3.8) is 0 Å². The van der Waals surface area contributed by atoms with Crippen LogP contribution in [-0.4, -0.2) is 31.1 Å². The smallest absolute Gasteiger partial charge is 0.243 e. The highest BCUT2D eigenvalue weighted by atomic mass is 32.2. The van der Waals surface area contributed by atoms with Crippen molar-refractivity contribution in [3.05, 3.63) is 64.5 Å². The first kappa shape index (κ1) is 22.0. The molecular formula is C22H25N3O3S2. The zero-order valence-electron chi connectivity index (χ0n) is 17.2. The number of thiazole rings is 1. The molecule has 0 aliphatic carbocycles. The Hall–Kier alpha value is -2.71. The van der Waals surface area contributed by atoms with Crippen LogP contribution in [0.2, 0.25) is 0 Å². The number of nitrogens with one attached hydrogen (secondary N) is 2. The molecule has 2 aromatic carbocycles. The second-order valence-corrected chi connectivity index (χ2v) is 10.9. The predicted octanol–water partition coefficient (Wildman–Crippen LogP) is 4.49. The minimum atomic E-state index is -3.18. The van der Waals surface area contributed by atoms with Crippen molar-refractivity contribution in [1.29, 1.82) is 0 Å². The molecule has 30 heavy (non-hydrogen) atoms. The van der Waals surface area contributed by atoms with E-state index in [0.717, 1.165) is 16.3 Å². The van der Waals surface area contributed by atoms with Gasteiger partial charge in [-0.25, -0.2) is 13.4 Å². The Kier molecular flexibility index (Phi) is 6.89. The van der Waals surface area contributed by atoms with Crippen molar-refractivity contribution in [1.82, 2.24) is 4.98 Å². The van der Waals surface area contributed by atoms with Crippen LogP contribution in [0.5, 0.6) is 0 Å². The van der Waals surface area contributed by atoms with Gasteiger partial charge in [0.2, 0.25) is 5.91 Å². The van der Waals surface area contributed by atoms with E-state index in [9.17, 15) is 13.2 Å². The topological polar surface area (TPSA) is 88.2 Å². The SMILES string of the molecule is Cc1nc(-c2cccc(NC(=O)CNc3cccc(CS(=O)(=O)C(C)C)c3)c2)cs1. The third kappa shape index (κ3) is 5.90. The first-order chi connectivity index (χ1) is 14.2. The van der Waals surface area contributed by atoms with Gasteiger partial charge in [0, 0.05) is 22.3 Å². The van der Waals surface area contributed by atoms with Gasteiger partial charge in [0.15, 0.2) is 9.84 Å². The Bertz CT molecular complexity index is 1140. The molecule has 0 fully saturated rings. The van der Waals surface area contributed by atoms with Gasteiger partial charge in [-0.3, -0.25) is 4.79 Å². The number of benzene rings is 2. The zero-order chi connectivity index (χ0) is 21.7. The number of carbonyl (C=O) groups excluding carboxylic acids is 1. The van der Waals surface area contributed by atoms with E-state index >= 15 is 0 Å². The molecule has 0 radical (unpaired) electrons. The second-order valence-electron chi connectivity index (χ2n) is 7.29. The lowest BCUT2D eigenvalue weighted by molar-refractivity contribution is -0.114. The Balaban J connectivity index is 1.59. The van der Waals surface area contributed by atoms with Gasteiger partial charge in [0.1, 0.15) is 0 Å². The van der Waals surface area contributed by atoms with Crippen molar-refractivity contribution < 1.29 is 13.2 Å². The molecule has 6 nitrogen and oxygen atoms in total. The number of amides is 1. The molecule has 0 unspecified atom stereocenters. The van der Waals surface area contributed by atoms with Crippen molar-refractivity contribution in [2.75, 3.05) is 17.2 Å². The largest absolute Gasteiger partial charge is 0.376 e. The first-order valence-corrected chi connectivity index (χ1v) is 12.2. The fraction of sp³-hybridized carbons (Fsp3) is 0.273. The molecular weight excluding hydrogens is 418 g/mol. The van der Waals surface area contributed by atoms with Crippen LogP contribution in [0.1, 0.15) is 24.4 Å². The highest BCUT2D eigenvalue weighted by Gasteiger charge is 2.17. The minimum absolute atomic E-state index is 0.0186. The van der Waals surface area contributed by atoms with Gasteiger partial charge in [0.25, 0.3) is 0 Å². The van der Waals surface area contributed by atoms with E-state index in [2.05, 4.69) is 15.6 Å². The number of carbonyl (C=O) groups is 1. The molecule has 158 valence electrons. The normalized spacial score (nSPS) is 11.5. The molecule has 0 spiro atoms. The summed E-state index contributed by atoms with van der Waals surface area (Å²) in [5.74, 6) is -0.211. The molecule has 0 aliphatic rings. The van der Waals surface area contributed by atoms with Gasteiger partial charge in [-0.15, -0.1) is 11.3 Å². The average Bonchev–Trinajstić information content (AvgIpc) is 3.13. The summed E-state index contributed by atoms with van der Waals surface area (Å²) in [6, 6.07) is 14.7. The maximum absolute atomic E-state index is 12.4. The van der Waals surface area contributed by atoms with Crippen LogP contribution in [0.15, 0.2) is 53.9 Å². The number of rotatable bonds is 8. The highest BCUT2D eigenvalue weighted by Crippen LogP contribution is 2.24. The third-order valence-corrected chi connectivity index (χ3v) is 7.47. The van der Waals surface area contributed by atoms with Crippen LogP contribution in [-0.2, 0) is 20.4 Å². The van der Waals surface area contributed by atoms with Crippen molar-refractivity contribution in [2.24, 2.45) is 0 Å². The van der Waals surface area contributed by atoms with E-state index in [0.29, 0.717) is 16.9 Å². The van der Waals surface area contributed by atoms with Gasteiger partial charge >= 0.3 is 0 Å². The van der Waals surface area contributed by atoms with Crippen LogP contribution in [0.4, 0.5) is 11.4 Å². The lowest BCUT2D eigenvalue weighted by Gasteiger charge is -2.11. The van der Waals surface area contributed by atoms with Gasteiger partial charge in [-0.2, -0.15) is 0 Å². The molecule has 0 atom stereocenters. The molecule has 0 bridgehead atoms. The number of sulfone groups is 1. The molecule has 1 aromatic heterocycles. The molecule has 0 saturated carbocycles. The minimum Gasteiger partial charge on any atom is -0.376 e. The lowest BCUT2D eigenvalue weighted by atomic mass is 10.1. The highest BCUT2D eigenvalue weighted by molar-refractivity contribution is 7.91. The summed E-state index contributed by atoms with van der Waals surface area (Å²) in [4.78, 5) is 16.8. The van der Waals surface area contributed by atoms with E-state index in [1.54, 1.807) is 43.4 Å². The number of aromatic nitrogens is 1. The number of hydrogen-bond acceptors (Lipinski definition) is 6. The number of nitrogens with zero attached hydrogens (tertiary/aromatic N) is 1. The quantitative estimate of drug-likeness (QED) is 0.535. The molecule has 0 saturated heterocycles. The van der Waals surface area contributed by atoms with E-state index < -0.39 is 15.1 Å². The summed E-state index contributed by atoms with van der Waals surface area (Å²) in [5, 5.41) is 8.48. The molecule has 1 amide bonds. The summed E-state index contributed by atoms with van der Waals surface area (Å²) < 4.78 is 24.2. The van der Waals surface area contributed by atoms with Gasteiger partial charge in [-0.05, 0) is 50.6 Å². The van der Waals surface area contributed by atoms with Crippen LogP contribution in [0.25, 0.3) is 11.3 Å². The van der Waals surface area contributed by atoms with Gasteiger partial charge in [0.05, 0.1) is 28.2 Å². The number of anilines is 2. The average molecular weight is 444 g/mol. The summed E-state index contributed by atoms with van der Waals surface area (Å²) in [6.07, 6.45) is 0. The van der Waals surface area contributed by atoms with E-state index in [1.165, 1.54) is 0 Å². The van der Waals surface area contributed by atoms with Crippen molar-refractivity contribution in [2.45, 2.75) is 31.8 Å². The standard InChI is InChI=1S/C22H25N3O3S2/c1-15(2)30(27,28)14-17-6-4-8-19(10-17)23-12-22(26)25-20-9-5-7-18(11-20)21-13-29-16(3)24-21/h4-11,13,15,23H,12,14H2,1-3H3,(H,25,26). The summed E-state index contributed by atoms with van der Waals surface area (Å²) in [5.41, 5.74) is 3.93. The Morgan fingerprint density at radius 1 is 1.10 bits per heavy atom. The monoisotopic (exact) mass is 443 g/mol. The van der Waals surface area contributed by atoms with Crippen LogP contribution in [0, 0.1) is 6.92 Å². The van der Waals surface area contributed by atoms with Crippen LogP contribution < -0.4 is 10.6 Å². The van der Waals surface area contributed by atoms with E-state index in [4.69, 9.17) is 0 Å². The van der Waals surface area contributed by atoms with Crippen molar-refractivity contribution in [3.8, 4) is 11.3 Å². The molecule has 3 rings (SSSR count). The lowest BCUT2D eigenvalue weighted by Crippen LogP contribution is -2.22. The van der Waals surface area contributed by atoms with E-state index in [1.807, 2.05) is 42.6 Å². The summed E-state index contributed by atoms with van der Waals surface area (Å²) in [7, 11) is -3.18. The van der Waals surface area contributed by atoms with Crippen LogP contribution in [0.3, 0.4) is 0 Å². The fourth-order valence-electron chi connectivity index (χ4n) is 2.81. The predicted molar refractivity (Wildman–Crippen MR) is 124 cm³/mol. The maximum Gasteiger partial charge on any atom is 0.243 e. The molecule has 0 aliphatic heterocycles. The summed E-state index contributed by atoms with van der Waals surface area (Å²) in [6.45, 7) is 5.37. The van der Waals surface area contributed by atoms with Crippen molar-refractivity contribution >= 4 is 38.5 Å². The van der Waals surface area contributed by atoms with Gasteiger partial charge < -0.3 is 10.6 Å². The second kappa shape index (κ2) is 9.40. The Morgan fingerprint density at radius 2 is 1.83 bits per heavy atom. The number of aryl methyl sites for hydroxylation is 1. The third-order valence-electron chi connectivity index (χ3n) is 4.53. The Morgan fingerprint density at radius 3 is 2.53 bits per heavy atom. The maximum atomic E-state index is 12.4. The molecule has 1 heterocycles.